The van der Waals surface area contributed by atoms with Gasteiger partial charge in [0.1, 0.15) is 11.0 Å². The van der Waals surface area contributed by atoms with Crippen LogP contribution in [0.15, 0.2) is 47.4 Å². The molecule has 166 valence electrons. The third-order valence-electron chi connectivity index (χ3n) is 4.49. The summed E-state index contributed by atoms with van der Waals surface area (Å²) in [4.78, 5) is 35.4. The number of benzene rings is 2. The SMILES string of the molecule is CCOC(=O)c1ccc(S[C@H](CCCc2ccc(OC)cc2)C(=O)OC)c([N+](=O)[O-])c1. The normalized spacial score (nSPS) is 11.5. The number of carbonyl (C=O) groups excluding carboxylic acids is 2. The Morgan fingerprint density at radius 3 is 2.42 bits per heavy atom. The van der Waals surface area contributed by atoms with Crippen molar-refractivity contribution in [3.63, 3.8) is 0 Å². The Labute approximate surface area is 185 Å². The molecule has 2 rings (SSSR count). The lowest BCUT2D eigenvalue weighted by Crippen LogP contribution is -2.19. The van der Waals surface area contributed by atoms with Gasteiger partial charge in [-0.05, 0) is 56.0 Å². The Morgan fingerprint density at radius 1 is 1.13 bits per heavy atom. The minimum absolute atomic E-state index is 0.0898. The number of hydrogen-bond acceptors (Lipinski definition) is 8. The fourth-order valence-corrected chi connectivity index (χ4v) is 4.08. The minimum atomic E-state index is -0.633. The molecule has 2 aromatic rings. The van der Waals surface area contributed by atoms with Crippen LogP contribution in [-0.4, -0.2) is 42.9 Å². The first kappa shape index (κ1) is 24.2. The van der Waals surface area contributed by atoms with Crippen molar-refractivity contribution in [3.05, 3.63) is 63.7 Å². The fourth-order valence-electron chi connectivity index (χ4n) is 2.89. The molecule has 0 unspecified atom stereocenters. The maximum Gasteiger partial charge on any atom is 0.338 e. The summed E-state index contributed by atoms with van der Waals surface area (Å²) in [5.41, 5.74) is 0.936. The fraction of sp³-hybridized carbons (Fsp3) is 0.364. The zero-order chi connectivity index (χ0) is 22.8. The molecule has 0 aliphatic heterocycles. The predicted octanol–water partition coefficient (Wildman–Crippen LogP) is 4.44. The van der Waals surface area contributed by atoms with E-state index in [9.17, 15) is 19.7 Å². The lowest BCUT2D eigenvalue weighted by molar-refractivity contribution is -0.387. The summed E-state index contributed by atoms with van der Waals surface area (Å²) in [7, 11) is 2.89. The summed E-state index contributed by atoms with van der Waals surface area (Å²) in [6.07, 6.45) is 1.90. The molecule has 0 amide bonds. The van der Waals surface area contributed by atoms with Crippen molar-refractivity contribution in [3.8, 4) is 5.75 Å². The molecule has 0 aliphatic rings. The summed E-state index contributed by atoms with van der Waals surface area (Å²) in [6.45, 7) is 1.82. The monoisotopic (exact) mass is 447 g/mol. The van der Waals surface area contributed by atoms with Gasteiger partial charge in [-0.1, -0.05) is 12.1 Å². The molecular weight excluding hydrogens is 422 g/mol. The first-order valence-electron chi connectivity index (χ1n) is 9.72. The second kappa shape index (κ2) is 11.9. The number of carbonyl (C=O) groups is 2. The van der Waals surface area contributed by atoms with Crippen molar-refractivity contribution in [1.29, 1.82) is 0 Å². The van der Waals surface area contributed by atoms with E-state index >= 15 is 0 Å². The van der Waals surface area contributed by atoms with Gasteiger partial charge in [-0.2, -0.15) is 0 Å². The number of thioether (sulfide) groups is 1. The number of nitro groups is 1. The molecule has 0 bridgehead atoms. The number of methoxy groups -OCH3 is 2. The van der Waals surface area contributed by atoms with E-state index in [2.05, 4.69) is 0 Å². The molecule has 8 nitrogen and oxygen atoms in total. The number of esters is 2. The first-order valence-corrected chi connectivity index (χ1v) is 10.6. The summed E-state index contributed by atoms with van der Waals surface area (Å²) in [5.74, 6) is -0.319. The Balaban J connectivity index is 2.12. The number of nitro benzene ring substituents is 1. The lowest BCUT2D eigenvalue weighted by atomic mass is 10.1. The van der Waals surface area contributed by atoms with Crippen LogP contribution in [0.1, 0.15) is 35.7 Å². The van der Waals surface area contributed by atoms with E-state index in [1.807, 2.05) is 24.3 Å². The van der Waals surface area contributed by atoms with E-state index in [0.717, 1.165) is 29.5 Å². The van der Waals surface area contributed by atoms with Gasteiger partial charge in [-0.25, -0.2) is 4.79 Å². The summed E-state index contributed by atoms with van der Waals surface area (Å²) in [5, 5.41) is 10.9. The van der Waals surface area contributed by atoms with Crippen LogP contribution in [0.3, 0.4) is 0 Å². The van der Waals surface area contributed by atoms with Crippen LogP contribution in [0.25, 0.3) is 0 Å². The number of ether oxygens (including phenoxy) is 3. The zero-order valence-corrected chi connectivity index (χ0v) is 18.5. The van der Waals surface area contributed by atoms with Crippen LogP contribution < -0.4 is 4.74 Å². The molecule has 0 aromatic heterocycles. The second-order valence-electron chi connectivity index (χ2n) is 6.53. The molecule has 0 saturated heterocycles. The molecule has 1 atom stereocenters. The van der Waals surface area contributed by atoms with Gasteiger partial charge in [-0.3, -0.25) is 14.9 Å². The average molecular weight is 448 g/mol. The van der Waals surface area contributed by atoms with E-state index in [1.165, 1.54) is 25.3 Å². The van der Waals surface area contributed by atoms with Crippen LogP contribution in [0.5, 0.6) is 5.75 Å². The standard InChI is InChI=1S/C22H25NO7S/c1-4-30-21(24)16-10-13-19(18(14-16)23(26)27)31-20(22(25)29-3)7-5-6-15-8-11-17(28-2)12-9-15/h8-14,20H,4-7H2,1-3H3/t20-/m1/s1. The van der Waals surface area contributed by atoms with E-state index in [4.69, 9.17) is 14.2 Å². The third-order valence-corrected chi connectivity index (χ3v) is 5.80. The highest BCUT2D eigenvalue weighted by Crippen LogP contribution is 2.35. The van der Waals surface area contributed by atoms with Gasteiger partial charge in [0.2, 0.25) is 0 Å². The molecule has 0 N–H and O–H groups in total. The Morgan fingerprint density at radius 2 is 1.84 bits per heavy atom. The van der Waals surface area contributed by atoms with Crippen LogP contribution in [0.4, 0.5) is 5.69 Å². The predicted molar refractivity (Wildman–Crippen MR) is 117 cm³/mol. The van der Waals surface area contributed by atoms with Crippen molar-refractivity contribution >= 4 is 29.4 Å². The molecule has 2 aromatic carbocycles. The van der Waals surface area contributed by atoms with Gasteiger partial charge in [0.25, 0.3) is 5.69 Å². The smallest absolute Gasteiger partial charge is 0.338 e. The van der Waals surface area contributed by atoms with Crippen LogP contribution in [0, 0.1) is 10.1 Å². The van der Waals surface area contributed by atoms with Gasteiger partial charge < -0.3 is 14.2 Å². The highest BCUT2D eigenvalue weighted by molar-refractivity contribution is 8.00. The van der Waals surface area contributed by atoms with Crippen molar-refractivity contribution < 1.29 is 28.7 Å². The molecule has 0 fully saturated rings. The Hall–Kier alpha value is -3.07. The lowest BCUT2D eigenvalue weighted by Gasteiger charge is -2.15. The van der Waals surface area contributed by atoms with Gasteiger partial charge in [0, 0.05) is 6.07 Å². The largest absolute Gasteiger partial charge is 0.497 e. The first-order chi connectivity index (χ1) is 14.9. The highest BCUT2D eigenvalue weighted by atomic mass is 32.2. The Kier molecular flexibility index (Phi) is 9.33. The van der Waals surface area contributed by atoms with E-state index in [-0.39, 0.29) is 22.8 Å². The van der Waals surface area contributed by atoms with E-state index in [0.29, 0.717) is 12.8 Å². The summed E-state index contributed by atoms with van der Waals surface area (Å²) in [6, 6.07) is 11.8. The zero-order valence-electron chi connectivity index (χ0n) is 17.7. The van der Waals surface area contributed by atoms with E-state index < -0.39 is 22.1 Å². The molecule has 0 spiro atoms. The molecule has 0 aliphatic carbocycles. The molecule has 9 heteroatoms. The van der Waals surface area contributed by atoms with Crippen molar-refractivity contribution in [1.82, 2.24) is 0 Å². The number of rotatable bonds is 11. The molecule has 0 heterocycles. The highest BCUT2D eigenvalue weighted by Gasteiger charge is 2.26. The van der Waals surface area contributed by atoms with Gasteiger partial charge >= 0.3 is 11.9 Å². The molecular formula is C22H25NO7S. The van der Waals surface area contributed by atoms with Crippen molar-refractivity contribution in [2.24, 2.45) is 0 Å². The quantitative estimate of drug-likeness (QED) is 0.215. The Bertz CT molecular complexity index is 915. The van der Waals surface area contributed by atoms with Gasteiger partial charge in [-0.15, -0.1) is 11.8 Å². The van der Waals surface area contributed by atoms with Gasteiger partial charge in [0.05, 0.1) is 36.2 Å². The van der Waals surface area contributed by atoms with Crippen LogP contribution in [0.2, 0.25) is 0 Å². The number of nitrogens with zero attached hydrogens (tertiary/aromatic N) is 1. The second-order valence-corrected chi connectivity index (χ2v) is 7.77. The molecule has 0 saturated carbocycles. The van der Waals surface area contributed by atoms with Gasteiger partial charge in [0.15, 0.2) is 0 Å². The third kappa shape index (κ3) is 6.99. The summed E-state index contributed by atoms with van der Waals surface area (Å²) >= 11 is 1.06. The topological polar surface area (TPSA) is 105 Å². The maximum absolute atomic E-state index is 12.3. The van der Waals surface area contributed by atoms with Crippen LogP contribution in [-0.2, 0) is 20.7 Å². The molecule has 0 radical (unpaired) electrons. The van der Waals surface area contributed by atoms with Crippen molar-refractivity contribution in [2.75, 3.05) is 20.8 Å². The minimum Gasteiger partial charge on any atom is -0.497 e. The summed E-state index contributed by atoms with van der Waals surface area (Å²) < 4.78 is 14.9. The van der Waals surface area contributed by atoms with Crippen LogP contribution >= 0.6 is 11.8 Å². The average Bonchev–Trinajstić information content (AvgIpc) is 2.78. The number of aryl methyl sites for hydroxylation is 1. The maximum atomic E-state index is 12.3. The molecule has 31 heavy (non-hydrogen) atoms. The van der Waals surface area contributed by atoms with E-state index in [1.54, 1.807) is 14.0 Å². The number of hydrogen-bond donors (Lipinski definition) is 0. The van der Waals surface area contributed by atoms with Crippen molar-refractivity contribution in [2.45, 2.75) is 36.3 Å².